The predicted octanol–water partition coefficient (Wildman–Crippen LogP) is 3.07. The molecule has 1 fully saturated rings. The van der Waals surface area contributed by atoms with Crippen LogP contribution in [0.15, 0.2) is 18.2 Å². The topological polar surface area (TPSA) is 78.4 Å². The van der Waals surface area contributed by atoms with Crippen LogP contribution in [-0.4, -0.2) is 23.7 Å². The standard InChI is InChI=1S/C16H22N2O3/c1-11-6-12(2)8-13(7-11)18-15(21)17-10-16(4-3-5-16)9-14(19)20/h6-8H,3-5,9-10H2,1-2H3,(H,19,20)(H2,17,18,21). The first-order chi connectivity index (χ1) is 9.88. The largest absolute Gasteiger partial charge is 0.481 e. The SMILES string of the molecule is Cc1cc(C)cc(NC(=O)NCC2(CC(=O)O)CCC2)c1. The zero-order valence-electron chi connectivity index (χ0n) is 12.5. The van der Waals surface area contributed by atoms with Gasteiger partial charge in [0.15, 0.2) is 0 Å². The third kappa shape index (κ3) is 4.21. The number of aliphatic carboxylic acids is 1. The van der Waals surface area contributed by atoms with E-state index in [1.54, 1.807) is 0 Å². The molecule has 0 heterocycles. The van der Waals surface area contributed by atoms with Crippen molar-refractivity contribution in [3.05, 3.63) is 29.3 Å². The van der Waals surface area contributed by atoms with Gasteiger partial charge in [-0.15, -0.1) is 0 Å². The molecule has 0 bridgehead atoms. The first-order valence-corrected chi connectivity index (χ1v) is 7.24. The van der Waals surface area contributed by atoms with Crippen molar-refractivity contribution in [3.63, 3.8) is 0 Å². The lowest BCUT2D eigenvalue weighted by Crippen LogP contribution is -2.44. The highest BCUT2D eigenvalue weighted by molar-refractivity contribution is 5.89. The number of nitrogens with one attached hydrogen (secondary N) is 2. The fourth-order valence-corrected chi connectivity index (χ4v) is 2.90. The Morgan fingerprint density at radius 3 is 2.29 bits per heavy atom. The molecule has 5 nitrogen and oxygen atoms in total. The normalized spacial score (nSPS) is 15.9. The van der Waals surface area contributed by atoms with E-state index < -0.39 is 5.97 Å². The minimum atomic E-state index is -0.800. The zero-order valence-corrected chi connectivity index (χ0v) is 12.5. The van der Waals surface area contributed by atoms with Gasteiger partial charge in [0.1, 0.15) is 0 Å². The van der Waals surface area contributed by atoms with Gasteiger partial charge in [-0.25, -0.2) is 4.79 Å². The number of amides is 2. The van der Waals surface area contributed by atoms with E-state index in [-0.39, 0.29) is 17.9 Å². The Morgan fingerprint density at radius 2 is 1.81 bits per heavy atom. The second-order valence-corrected chi connectivity index (χ2v) is 6.11. The van der Waals surface area contributed by atoms with Crippen LogP contribution in [0.1, 0.15) is 36.8 Å². The summed E-state index contributed by atoms with van der Waals surface area (Å²) < 4.78 is 0. The Morgan fingerprint density at radius 1 is 1.19 bits per heavy atom. The molecule has 3 N–H and O–H groups in total. The molecule has 0 unspecified atom stereocenters. The maximum atomic E-state index is 11.9. The summed E-state index contributed by atoms with van der Waals surface area (Å²) in [5, 5.41) is 14.6. The monoisotopic (exact) mass is 290 g/mol. The molecule has 1 aromatic rings. The van der Waals surface area contributed by atoms with Crippen molar-refractivity contribution in [3.8, 4) is 0 Å². The Kier molecular flexibility index (Phi) is 4.50. The lowest BCUT2D eigenvalue weighted by molar-refractivity contribution is -0.141. The molecule has 2 rings (SSSR count). The van der Waals surface area contributed by atoms with Gasteiger partial charge in [0.25, 0.3) is 0 Å². The molecule has 1 aliphatic carbocycles. The highest BCUT2D eigenvalue weighted by Gasteiger charge is 2.39. The predicted molar refractivity (Wildman–Crippen MR) is 81.5 cm³/mol. The first-order valence-electron chi connectivity index (χ1n) is 7.24. The summed E-state index contributed by atoms with van der Waals surface area (Å²) in [7, 11) is 0. The summed E-state index contributed by atoms with van der Waals surface area (Å²) >= 11 is 0. The molecular weight excluding hydrogens is 268 g/mol. The minimum Gasteiger partial charge on any atom is -0.481 e. The fraction of sp³-hybridized carbons (Fsp3) is 0.500. The van der Waals surface area contributed by atoms with Gasteiger partial charge >= 0.3 is 12.0 Å². The van der Waals surface area contributed by atoms with E-state index in [1.807, 2.05) is 32.0 Å². The van der Waals surface area contributed by atoms with E-state index in [1.165, 1.54) is 0 Å². The summed E-state index contributed by atoms with van der Waals surface area (Å²) in [5.41, 5.74) is 2.68. The fourth-order valence-electron chi connectivity index (χ4n) is 2.90. The zero-order chi connectivity index (χ0) is 15.5. The van der Waals surface area contributed by atoms with Gasteiger partial charge in [-0.3, -0.25) is 4.79 Å². The summed E-state index contributed by atoms with van der Waals surface area (Å²) in [6.45, 7) is 4.37. The smallest absolute Gasteiger partial charge is 0.319 e. The molecule has 0 radical (unpaired) electrons. The molecule has 1 aliphatic rings. The van der Waals surface area contributed by atoms with Crippen LogP contribution in [0.2, 0.25) is 0 Å². The molecule has 0 spiro atoms. The van der Waals surface area contributed by atoms with E-state index in [2.05, 4.69) is 10.6 Å². The van der Waals surface area contributed by atoms with E-state index in [4.69, 9.17) is 5.11 Å². The molecular formula is C16H22N2O3. The van der Waals surface area contributed by atoms with Gasteiger partial charge in [0, 0.05) is 12.2 Å². The van der Waals surface area contributed by atoms with Gasteiger partial charge < -0.3 is 15.7 Å². The summed E-state index contributed by atoms with van der Waals surface area (Å²) in [4.78, 5) is 22.8. The van der Waals surface area contributed by atoms with Crippen molar-refractivity contribution in [2.45, 2.75) is 39.5 Å². The molecule has 0 atom stereocenters. The van der Waals surface area contributed by atoms with E-state index in [0.29, 0.717) is 6.54 Å². The molecule has 0 saturated heterocycles. The average molecular weight is 290 g/mol. The molecule has 1 aromatic carbocycles. The van der Waals surface area contributed by atoms with Crippen molar-refractivity contribution in [1.82, 2.24) is 5.32 Å². The summed E-state index contributed by atoms with van der Waals surface area (Å²) in [6.07, 6.45) is 2.89. The molecule has 1 saturated carbocycles. The number of hydrogen-bond acceptors (Lipinski definition) is 2. The first kappa shape index (κ1) is 15.4. The van der Waals surface area contributed by atoms with Gasteiger partial charge in [0.05, 0.1) is 6.42 Å². The van der Waals surface area contributed by atoms with E-state index >= 15 is 0 Å². The Labute approximate surface area is 124 Å². The van der Waals surface area contributed by atoms with Crippen molar-refractivity contribution in [2.75, 3.05) is 11.9 Å². The Balaban J connectivity index is 1.88. The number of hydrogen-bond donors (Lipinski definition) is 3. The number of carbonyl (C=O) groups is 2. The van der Waals surface area contributed by atoms with Crippen LogP contribution in [0.4, 0.5) is 10.5 Å². The third-order valence-corrected chi connectivity index (χ3v) is 4.04. The van der Waals surface area contributed by atoms with Crippen LogP contribution in [0.25, 0.3) is 0 Å². The number of carboxylic acids is 1. The number of aryl methyl sites for hydroxylation is 2. The highest BCUT2D eigenvalue weighted by atomic mass is 16.4. The molecule has 0 aromatic heterocycles. The van der Waals surface area contributed by atoms with Crippen molar-refractivity contribution in [2.24, 2.45) is 5.41 Å². The van der Waals surface area contributed by atoms with Crippen LogP contribution in [0.3, 0.4) is 0 Å². The molecule has 21 heavy (non-hydrogen) atoms. The number of carboxylic acid groups (broad SMARTS) is 1. The maximum absolute atomic E-state index is 11.9. The lowest BCUT2D eigenvalue weighted by atomic mass is 9.66. The van der Waals surface area contributed by atoms with E-state index in [0.717, 1.165) is 36.1 Å². The van der Waals surface area contributed by atoms with Crippen molar-refractivity contribution < 1.29 is 14.7 Å². The van der Waals surface area contributed by atoms with Crippen LogP contribution >= 0.6 is 0 Å². The Hall–Kier alpha value is -2.04. The summed E-state index contributed by atoms with van der Waals surface area (Å²) in [5.74, 6) is -0.800. The van der Waals surface area contributed by atoms with Gasteiger partial charge in [0.2, 0.25) is 0 Å². The number of rotatable bonds is 5. The average Bonchev–Trinajstić information content (AvgIpc) is 2.30. The maximum Gasteiger partial charge on any atom is 0.319 e. The molecule has 5 heteroatoms. The molecule has 2 amide bonds. The Bertz CT molecular complexity index is 530. The van der Waals surface area contributed by atoms with Crippen LogP contribution in [-0.2, 0) is 4.79 Å². The quantitative estimate of drug-likeness (QED) is 0.779. The summed E-state index contributed by atoms with van der Waals surface area (Å²) in [6, 6.07) is 5.57. The number of carbonyl (C=O) groups excluding carboxylic acids is 1. The number of urea groups is 1. The minimum absolute atomic E-state index is 0.122. The van der Waals surface area contributed by atoms with E-state index in [9.17, 15) is 9.59 Å². The highest BCUT2D eigenvalue weighted by Crippen LogP contribution is 2.43. The van der Waals surface area contributed by atoms with Crippen LogP contribution in [0.5, 0.6) is 0 Å². The lowest BCUT2D eigenvalue weighted by Gasteiger charge is -2.40. The number of anilines is 1. The second-order valence-electron chi connectivity index (χ2n) is 6.11. The van der Waals surface area contributed by atoms with Crippen LogP contribution in [0, 0.1) is 19.3 Å². The van der Waals surface area contributed by atoms with Gasteiger partial charge in [-0.1, -0.05) is 12.5 Å². The van der Waals surface area contributed by atoms with Gasteiger partial charge in [-0.2, -0.15) is 0 Å². The van der Waals surface area contributed by atoms with Crippen molar-refractivity contribution in [1.29, 1.82) is 0 Å². The second kappa shape index (κ2) is 6.16. The molecule has 0 aliphatic heterocycles. The molecule has 114 valence electrons. The van der Waals surface area contributed by atoms with Crippen molar-refractivity contribution >= 4 is 17.7 Å². The third-order valence-electron chi connectivity index (χ3n) is 4.04. The van der Waals surface area contributed by atoms with Crippen LogP contribution < -0.4 is 10.6 Å². The van der Waals surface area contributed by atoms with Gasteiger partial charge in [-0.05, 0) is 55.4 Å². The number of benzene rings is 1.